The molecule has 0 spiro atoms. The maximum Gasteiger partial charge on any atom is 0.274 e. The summed E-state index contributed by atoms with van der Waals surface area (Å²) in [5.74, 6) is 0.473. The molecular weight excluding hydrogens is 266 g/mol. The fraction of sp³-hybridized carbons (Fsp3) is 0.400. The molecule has 0 radical (unpaired) electrons. The number of nitrogens with one attached hydrogen (secondary N) is 2. The Kier molecular flexibility index (Phi) is 4.92. The van der Waals surface area contributed by atoms with Gasteiger partial charge in [0.1, 0.15) is 11.5 Å². The lowest BCUT2D eigenvalue weighted by Crippen LogP contribution is -2.14. The van der Waals surface area contributed by atoms with Crippen molar-refractivity contribution in [1.29, 1.82) is 0 Å². The van der Waals surface area contributed by atoms with Crippen molar-refractivity contribution < 1.29 is 4.79 Å². The molecule has 0 fully saturated rings. The highest BCUT2D eigenvalue weighted by atomic mass is 16.1. The quantitative estimate of drug-likeness (QED) is 0.857. The number of pyridine rings is 1. The number of nitrogens with zero attached hydrogens (tertiary/aromatic N) is 3. The first-order chi connectivity index (χ1) is 10.1. The second kappa shape index (κ2) is 6.88. The lowest BCUT2D eigenvalue weighted by Gasteiger charge is -2.06. The van der Waals surface area contributed by atoms with Gasteiger partial charge in [0.25, 0.3) is 5.91 Å². The Morgan fingerprint density at radius 3 is 2.86 bits per heavy atom. The summed E-state index contributed by atoms with van der Waals surface area (Å²) in [4.78, 5) is 16.5. The first-order valence-electron chi connectivity index (χ1n) is 7.16. The molecule has 21 heavy (non-hydrogen) atoms. The minimum atomic E-state index is -0.238. The molecule has 0 unspecified atom stereocenters. The summed E-state index contributed by atoms with van der Waals surface area (Å²) in [6.07, 6.45) is 4.45. The van der Waals surface area contributed by atoms with Crippen LogP contribution in [-0.2, 0) is 0 Å². The predicted octanol–water partition coefficient (Wildman–Crippen LogP) is 2.93. The second-order valence-electron chi connectivity index (χ2n) is 5.09. The maximum absolute atomic E-state index is 12.2. The van der Waals surface area contributed by atoms with E-state index in [0.29, 0.717) is 17.2 Å². The number of carbonyl (C=O) groups excluding carboxylic acids is 1. The third-order valence-corrected chi connectivity index (χ3v) is 2.93. The summed E-state index contributed by atoms with van der Waals surface area (Å²) < 4.78 is 1.79. The van der Waals surface area contributed by atoms with Crippen LogP contribution in [0.2, 0.25) is 0 Å². The van der Waals surface area contributed by atoms with Crippen LogP contribution in [0.25, 0.3) is 0 Å². The molecule has 0 aliphatic heterocycles. The molecule has 2 aromatic heterocycles. The molecule has 6 nitrogen and oxygen atoms in total. The molecular formula is C15H21N5O. The highest BCUT2D eigenvalue weighted by molar-refractivity contribution is 6.02. The lowest BCUT2D eigenvalue weighted by atomic mass is 10.3. The van der Waals surface area contributed by atoms with Crippen LogP contribution in [0.1, 0.15) is 43.7 Å². The third kappa shape index (κ3) is 4.05. The zero-order valence-electron chi connectivity index (χ0n) is 12.6. The summed E-state index contributed by atoms with van der Waals surface area (Å²) in [6.45, 7) is 6.97. The van der Waals surface area contributed by atoms with E-state index in [4.69, 9.17) is 0 Å². The number of rotatable bonds is 6. The van der Waals surface area contributed by atoms with Gasteiger partial charge in [-0.05, 0) is 32.4 Å². The zero-order valence-corrected chi connectivity index (χ0v) is 12.6. The Hall–Kier alpha value is -2.37. The van der Waals surface area contributed by atoms with Crippen LogP contribution in [0.3, 0.4) is 0 Å². The van der Waals surface area contributed by atoms with Crippen LogP contribution in [0.15, 0.2) is 30.6 Å². The van der Waals surface area contributed by atoms with Crippen LogP contribution in [0.4, 0.5) is 11.5 Å². The number of amides is 1. The van der Waals surface area contributed by atoms with Crippen molar-refractivity contribution in [2.75, 3.05) is 17.2 Å². The van der Waals surface area contributed by atoms with Gasteiger partial charge in [0.15, 0.2) is 0 Å². The van der Waals surface area contributed by atoms with Gasteiger partial charge in [-0.1, -0.05) is 13.0 Å². The van der Waals surface area contributed by atoms with Gasteiger partial charge in [-0.3, -0.25) is 9.48 Å². The van der Waals surface area contributed by atoms with Gasteiger partial charge in [-0.25, -0.2) is 4.98 Å². The molecule has 0 saturated carbocycles. The van der Waals surface area contributed by atoms with Gasteiger partial charge < -0.3 is 10.6 Å². The van der Waals surface area contributed by atoms with Gasteiger partial charge in [0.05, 0.1) is 11.9 Å². The third-order valence-electron chi connectivity index (χ3n) is 2.93. The average Bonchev–Trinajstić information content (AvgIpc) is 2.94. The van der Waals surface area contributed by atoms with E-state index >= 15 is 0 Å². The first kappa shape index (κ1) is 15.0. The van der Waals surface area contributed by atoms with E-state index in [-0.39, 0.29) is 11.9 Å². The molecule has 2 N–H and O–H groups in total. The molecule has 2 rings (SSSR count). The topological polar surface area (TPSA) is 71.8 Å². The maximum atomic E-state index is 12.2. The van der Waals surface area contributed by atoms with Crippen molar-refractivity contribution in [2.45, 2.75) is 33.2 Å². The van der Waals surface area contributed by atoms with Gasteiger partial charge in [0, 0.05) is 18.8 Å². The summed E-state index contributed by atoms with van der Waals surface area (Å²) in [5, 5.41) is 10.2. The summed E-state index contributed by atoms with van der Waals surface area (Å²) in [6, 6.07) is 5.62. The van der Waals surface area contributed by atoms with Crippen LogP contribution < -0.4 is 10.6 Å². The van der Waals surface area contributed by atoms with E-state index in [1.807, 2.05) is 32.2 Å². The highest BCUT2D eigenvalue weighted by Crippen LogP contribution is 2.12. The number of anilines is 2. The highest BCUT2D eigenvalue weighted by Gasteiger charge is 2.10. The van der Waals surface area contributed by atoms with E-state index in [2.05, 4.69) is 27.6 Å². The van der Waals surface area contributed by atoms with Gasteiger partial charge in [0.2, 0.25) is 0 Å². The van der Waals surface area contributed by atoms with Gasteiger partial charge in [-0.15, -0.1) is 0 Å². The smallest absolute Gasteiger partial charge is 0.274 e. The van der Waals surface area contributed by atoms with Gasteiger partial charge in [-0.2, -0.15) is 5.10 Å². The fourth-order valence-corrected chi connectivity index (χ4v) is 1.79. The Morgan fingerprint density at radius 1 is 1.38 bits per heavy atom. The monoisotopic (exact) mass is 287 g/mol. The number of aromatic nitrogens is 3. The van der Waals surface area contributed by atoms with Crippen LogP contribution in [0.5, 0.6) is 0 Å². The Bertz CT molecular complexity index is 606. The average molecular weight is 287 g/mol. The minimum absolute atomic E-state index is 0.238. The normalized spacial score (nSPS) is 10.7. The number of hydrogen-bond acceptors (Lipinski definition) is 4. The predicted molar refractivity (Wildman–Crippen MR) is 83.6 cm³/mol. The number of carbonyl (C=O) groups is 1. The molecule has 2 aromatic rings. The molecule has 2 heterocycles. The summed E-state index contributed by atoms with van der Waals surface area (Å²) in [7, 11) is 0. The standard InChI is InChI=1S/C15H21N5O/c1-4-8-16-14-7-5-6-13(19-14)15(21)18-12-9-17-20(10-12)11(2)3/h5-7,9-11H,4,8H2,1-3H3,(H,16,19)(H,18,21). The Balaban J connectivity index is 2.05. The van der Waals surface area contributed by atoms with Crippen molar-refractivity contribution in [3.63, 3.8) is 0 Å². The molecule has 1 amide bonds. The second-order valence-corrected chi connectivity index (χ2v) is 5.09. The van der Waals surface area contributed by atoms with E-state index in [1.165, 1.54) is 0 Å². The van der Waals surface area contributed by atoms with Crippen LogP contribution in [-0.4, -0.2) is 27.2 Å². The van der Waals surface area contributed by atoms with E-state index in [0.717, 1.165) is 13.0 Å². The Morgan fingerprint density at radius 2 is 2.19 bits per heavy atom. The van der Waals surface area contributed by atoms with Crippen molar-refractivity contribution in [3.8, 4) is 0 Å². The van der Waals surface area contributed by atoms with E-state index < -0.39 is 0 Å². The molecule has 0 aliphatic rings. The van der Waals surface area contributed by atoms with Crippen molar-refractivity contribution >= 4 is 17.4 Å². The molecule has 6 heteroatoms. The molecule has 0 aromatic carbocycles. The minimum Gasteiger partial charge on any atom is -0.370 e. The SMILES string of the molecule is CCCNc1cccc(C(=O)Nc2cnn(C(C)C)c2)n1. The van der Waals surface area contributed by atoms with Crippen LogP contribution >= 0.6 is 0 Å². The molecule has 0 saturated heterocycles. The van der Waals surface area contributed by atoms with Crippen molar-refractivity contribution in [3.05, 3.63) is 36.3 Å². The largest absolute Gasteiger partial charge is 0.370 e. The lowest BCUT2D eigenvalue weighted by molar-refractivity contribution is 0.102. The first-order valence-corrected chi connectivity index (χ1v) is 7.16. The van der Waals surface area contributed by atoms with Crippen molar-refractivity contribution in [2.24, 2.45) is 0 Å². The van der Waals surface area contributed by atoms with Gasteiger partial charge >= 0.3 is 0 Å². The molecule has 0 aliphatic carbocycles. The fourth-order valence-electron chi connectivity index (χ4n) is 1.79. The molecule has 0 atom stereocenters. The zero-order chi connectivity index (χ0) is 15.2. The summed E-state index contributed by atoms with van der Waals surface area (Å²) in [5.41, 5.74) is 1.05. The Labute approximate surface area is 124 Å². The van der Waals surface area contributed by atoms with Crippen LogP contribution in [0, 0.1) is 0 Å². The summed E-state index contributed by atoms with van der Waals surface area (Å²) >= 11 is 0. The van der Waals surface area contributed by atoms with E-state index in [1.54, 1.807) is 16.9 Å². The molecule has 112 valence electrons. The van der Waals surface area contributed by atoms with Crippen molar-refractivity contribution in [1.82, 2.24) is 14.8 Å². The molecule has 0 bridgehead atoms. The van der Waals surface area contributed by atoms with E-state index in [9.17, 15) is 4.79 Å². The number of hydrogen-bond donors (Lipinski definition) is 2.